The van der Waals surface area contributed by atoms with Gasteiger partial charge in [0.25, 0.3) is 5.91 Å². The van der Waals surface area contributed by atoms with Crippen LogP contribution in [0.15, 0.2) is 66.7 Å². The number of rotatable bonds is 2. The number of carbonyl (C=O) groups excluding carboxylic acids is 1. The second-order valence-corrected chi connectivity index (χ2v) is 5.07. The third kappa shape index (κ3) is 2.72. The molecule has 0 aliphatic rings. The second-order valence-electron chi connectivity index (χ2n) is 5.07. The van der Waals surface area contributed by atoms with E-state index in [2.05, 4.69) is 0 Å². The number of anilines is 1. The number of aromatic hydroxyl groups is 1. The first-order chi connectivity index (χ1) is 11.1. The number of para-hydroxylation sites is 1. The number of fused-ring (bicyclic) bond motifs is 1. The van der Waals surface area contributed by atoms with Gasteiger partial charge in [-0.05, 0) is 47.2 Å². The number of amides is 1. The van der Waals surface area contributed by atoms with Gasteiger partial charge in [0.15, 0.2) is 5.96 Å². The number of phenolic OH excluding ortho intramolecular Hbond substituents is 1. The third-order valence-corrected chi connectivity index (χ3v) is 3.55. The van der Waals surface area contributed by atoms with Crippen molar-refractivity contribution in [1.29, 1.82) is 5.41 Å². The van der Waals surface area contributed by atoms with Crippen molar-refractivity contribution in [2.24, 2.45) is 5.73 Å². The first kappa shape index (κ1) is 14.6. The van der Waals surface area contributed by atoms with E-state index < -0.39 is 0 Å². The minimum Gasteiger partial charge on any atom is -0.508 e. The van der Waals surface area contributed by atoms with E-state index in [4.69, 9.17) is 11.1 Å². The van der Waals surface area contributed by atoms with E-state index >= 15 is 0 Å². The maximum absolute atomic E-state index is 12.9. The first-order valence-corrected chi connectivity index (χ1v) is 7.03. The van der Waals surface area contributed by atoms with Crippen LogP contribution in [0.25, 0.3) is 10.8 Å². The van der Waals surface area contributed by atoms with Crippen LogP contribution in [0.3, 0.4) is 0 Å². The van der Waals surface area contributed by atoms with Crippen molar-refractivity contribution in [2.45, 2.75) is 0 Å². The Morgan fingerprint density at radius 3 is 2.43 bits per heavy atom. The van der Waals surface area contributed by atoms with Gasteiger partial charge in [-0.25, -0.2) is 4.90 Å². The molecule has 0 radical (unpaired) electrons. The van der Waals surface area contributed by atoms with Gasteiger partial charge in [-0.15, -0.1) is 0 Å². The molecule has 0 aliphatic carbocycles. The molecule has 0 saturated heterocycles. The van der Waals surface area contributed by atoms with Gasteiger partial charge < -0.3 is 10.8 Å². The van der Waals surface area contributed by atoms with Gasteiger partial charge in [0.2, 0.25) is 0 Å². The van der Waals surface area contributed by atoms with Crippen molar-refractivity contribution in [3.8, 4) is 5.75 Å². The van der Waals surface area contributed by atoms with Gasteiger partial charge in [-0.2, -0.15) is 0 Å². The van der Waals surface area contributed by atoms with E-state index in [1.165, 1.54) is 6.07 Å². The summed E-state index contributed by atoms with van der Waals surface area (Å²) in [5.41, 5.74) is 6.57. The number of nitrogens with zero attached hydrogens (tertiary/aromatic N) is 1. The Labute approximate surface area is 133 Å². The Balaban J connectivity index is 2.13. The summed E-state index contributed by atoms with van der Waals surface area (Å²) in [6.07, 6.45) is 0. The lowest BCUT2D eigenvalue weighted by molar-refractivity contribution is 0.100. The number of carbonyl (C=O) groups is 1. The molecule has 0 spiro atoms. The van der Waals surface area contributed by atoms with E-state index in [0.29, 0.717) is 16.6 Å². The maximum Gasteiger partial charge on any atom is 0.265 e. The number of nitrogens with two attached hydrogens (primary N) is 1. The predicted molar refractivity (Wildman–Crippen MR) is 90.8 cm³/mol. The number of guanidine groups is 1. The Morgan fingerprint density at radius 1 is 1.00 bits per heavy atom. The van der Waals surface area contributed by atoms with E-state index in [-0.39, 0.29) is 17.6 Å². The van der Waals surface area contributed by atoms with E-state index in [1.54, 1.807) is 48.5 Å². The number of benzene rings is 3. The zero-order valence-electron chi connectivity index (χ0n) is 12.2. The highest BCUT2D eigenvalue weighted by Crippen LogP contribution is 2.25. The third-order valence-electron chi connectivity index (χ3n) is 3.55. The number of nitrogens with one attached hydrogen (secondary N) is 1. The van der Waals surface area contributed by atoms with Gasteiger partial charge in [-0.3, -0.25) is 10.2 Å². The maximum atomic E-state index is 12.9. The van der Waals surface area contributed by atoms with Crippen molar-refractivity contribution in [2.75, 3.05) is 4.90 Å². The molecule has 114 valence electrons. The van der Waals surface area contributed by atoms with E-state index in [9.17, 15) is 9.90 Å². The molecule has 5 heteroatoms. The highest BCUT2D eigenvalue weighted by atomic mass is 16.3. The molecule has 0 saturated carbocycles. The molecule has 0 atom stereocenters. The molecule has 3 aromatic rings. The Hall–Kier alpha value is -3.34. The monoisotopic (exact) mass is 305 g/mol. The lowest BCUT2D eigenvalue weighted by Gasteiger charge is -2.21. The smallest absolute Gasteiger partial charge is 0.265 e. The van der Waals surface area contributed by atoms with Crippen LogP contribution in [0.1, 0.15) is 10.4 Å². The lowest BCUT2D eigenvalue weighted by atomic mass is 10.0. The average Bonchev–Trinajstić information content (AvgIpc) is 2.54. The summed E-state index contributed by atoms with van der Waals surface area (Å²) in [5.74, 6) is -0.606. The van der Waals surface area contributed by atoms with Crippen molar-refractivity contribution in [3.63, 3.8) is 0 Å². The highest BCUT2D eigenvalue weighted by molar-refractivity contribution is 6.24. The van der Waals surface area contributed by atoms with Crippen LogP contribution in [0.5, 0.6) is 5.75 Å². The summed E-state index contributed by atoms with van der Waals surface area (Å²) in [4.78, 5) is 14.1. The van der Waals surface area contributed by atoms with Crippen molar-refractivity contribution in [3.05, 3.63) is 72.3 Å². The Kier molecular flexibility index (Phi) is 3.68. The zero-order valence-corrected chi connectivity index (χ0v) is 12.2. The molecule has 3 aromatic carbocycles. The Bertz CT molecular complexity index is 891. The molecular formula is C18H15N3O2. The normalized spacial score (nSPS) is 10.4. The molecule has 1 amide bonds. The van der Waals surface area contributed by atoms with Crippen LogP contribution in [-0.2, 0) is 0 Å². The van der Waals surface area contributed by atoms with Gasteiger partial charge >= 0.3 is 0 Å². The first-order valence-electron chi connectivity index (χ1n) is 7.03. The summed E-state index contributed by atoms with van der Waals surface area (Å²) < 4.78 is 0. The van der Waals surface area contributed by atoms with Crippen LogP contribution < -0.4 is 10.6 Å². The topological polar surface area (TPSA) is 90.4 Å². The molecule has 0 fully saturated rings. The summed E-state index contributed by atoms with van der Waals surface area (Å²) >= 11 is 0. The lowest BCUT2D eigenvalue weighted by Crippen LogP contribution is -2.41. The van der Waals surface area contributed by atoms with Crippen molar-refractivity contribution in [1.82, 2.24) is 0 Å². The van der Waals surface area contributed by atoms with Gasteiger partial charge in [0.1, 0.15) is 5.75 Å². The molecular weight excluding hydrogens is 290 g/mol. The second kappa shape index (κ2) is 5.81. The van der Waals surface area contributed by atoms with Crippen LogP contribution in [-0.4, -0.2) is 17.0 Å². The summed E-state index contributed by atoms with van der Waals surface area (Å²) in [6.45, 7) is 0. The molecule has 0 aliphatic heterocycles. The van der Waals surface area contributed by atoms with Crippen LogP contribution in [0, 0.1) is 5.41 Å². The fourth-order valence-electron chi connectivity index (χ4n) is 2.52. The molecule has 4 N–H and O–H groups in total. The molecule has 5 nitrogen and oxygen atoms in total. The predicted octanol–water partition coefficient (Wildman–Crippen LogP) is 3.09. The fourth-order valence-corrected chi connectivity index (χ4v) is 2.52. The highest BCUT2D eigenvalue weighted by Gasteiger charge is 2.22. The number of phenols is 1. The van der Waals surface area contributed by atoms with E-state index in [0.717, 1.165) is 10.3 Å². The quantitative estimate of drug-likeness (QED) is 0.502. The molecule has 0 unspecified atom stereocenters. The van der Waals surface area contributed by atoms with Gasteiger partial charge in [0.05, 0.1) is 5.69 Å². The molecule has 0 heterocycles. The SMILES string of the molecule is N=C(N)N(C(=O)c1cccc2cc(O)ccc12)c1ccccc1. The number of hydrogen-bond donors (Lipinski definition) is 3. The summed E-state index contributed by atoms with van der Waals surface area (Å²) in [6, 6.07) is 18.8. The zero-order chi connectivity index (χ0) is 16.4. The Morgan fingerprint density at radius 2 is 1.74 bits per heavy atom. The summed E-state index contributed by atoms with van der Waals surface area (Å²) in [5, 5.41) is 18.8. The van der Waals surface area contributed by atoms with Crippen LogP contribution in [0.2, 0.25) is 0 Å². The number of hydrogen-bond acceptors (Lipinski definition) is 3. The van der Waals surface area contributed by atoms with Gasteiger partial charge in [-0.1, -0.05) is 30.3 Å². The van der Waals surface area contributed by atoms with E-state index in [1.807, 2.05) is 12.1 Å². The van der Waals surface area contributed by atoms with Crippen molar-refractivity contribution < 1.29 is 9.90 Å². The molecule has 0 bridgehead atoms. The molecule has 3 rings (SSSR count). The standard InChI is InChI=1S/C18H15N3O2/c19-18(20)21(13-6-2-1-3-7-13)17(23)16-8-4-5-12-11-14(22)9-10-15(12)16/h1-11,22H,(H3,19,20). The summed E-state index contributed by atoms with van der Waals surface area (Å²) in [7, 11) is 0. The average molecular weight is 305 g/mol. The largest absolute Gasteiger partial charge is 0.508 e. The van der Waals surface area contributed by atoms with Crippen LogP contribution in [0.4, 0.5) is 5.69 Å². The molecule has 0 aromatic heterocycles. The van der Waals surface area contributed by atoms with Gasteiger partial charge in [0, 0.05) is 5.56 Å². The molecule has 23 heavy (non-hydrogen) atoms. The van der Waals surface area contributed by atoms with Crippen molar-refractivity contribution >= 4 is 28.3 Å². The fraction of sp³-hybridized carbons (Fsp3) is 0. The van der Waals surface area contributed by atoms with Crippen LogP contribution >= 0.6 is 0 Å². The minimum absolute atomic E-state index is 0.133. The minimum atomic E-state index is -0.389.